The fourth-order valence-electron chi connectivity index (χ4n) is 0.337. The molecule has 1 atom stereocenters. The van der Waals surface area contributed by atoms with E-state index in [1.54, 1.807) is 0 Å². The van der Waals surface area contributed by atoms with Gasteiger partial charge in [-0.3, -0.25) is 0 Å². The van der Waals surface area contributed by atoms with E-state index >= 15 is 0 Å². The molecule has 66 valence electrons. The molecule has 0 fully saturated rings. The van der Waals surface area contributed by atoms with Crippen molar-refractivity contribution >= 4 is 66.2 Å². The fourth-order valence-corrected chi connectivity index (χ4v) is 8.22. The van der Waals surface area contributed by atoms with Crippen molar-refractivity contribution in [2.75, 3.05) is 13.0 Å². The van der Waals surface area contributed by atoms with Crippen molar-refractivity contribution < 1.29 is 0 Å². The standard InChI is InChI=1S/C2H6Cl4N2P3/c1-10(4)8-11(5,6)2-7-9-3/h8H,2H2,1H3/q+1. The largest absolute Gasteiger partial charge is 0.305 e. The first-order chi connectivity index (χ1) is 4.98. The summed E-state index contributed by atoms with van der Waals surface area (Å²) in [6.07, 6.45) is -1.85. The summed E-state index contributed by atoms with van der Waals surface area (Å²) < 4.78 is 3.81. The minimum absolute atomic E-state index is 0.334. The maximum Gasteiger partial charge on any atom is 0.305 e. The molecule has 0 radical (unpaired) electrons. The van der Waals surface area contributed by atoms with Crippen LogP contribution in [0.3, 0.4) is 0 Å². The van der Waals surface area contributed by atoms with Crippen LogP contribution in [0.1, 0.15) is 0 Å². The van der Waals surface area contributed by atoms with Gasteiger partial charge in [0, 0.05) is 0 Å². The molecule has 0 aliphatic rings. The summed E-state index contributed by atoms with van der Waals surface area (Å²) in [5, 5.41) is 0. The van der Waals surface area contributed by atoms with Crippen LogP contribution in [-0.2, 0) is 0 Å². The Balaban J connectivity index is 3.79. The first-order valence-corrected chi connectivity index (χ1v) is 10.6. The van der Waals surface area contributed by atoms with Crippen molar-refractivity contribution in [2.45, 2.75) is 0 Å². The third-order valence-electron chi connectivity index (χ3n) is 0.578. The van der Waals surface area contributed by atoms with Gasteiger partial charge in [0.15, 0.2) is 0 Å². The molecular formula is C2H6Cl4N2P3+. The second kappa shape index (κ2) is 6.52. The number of nitrogens with one attached hydrogen (secondary N) is 1. The zero-order valence-electron chi connectivity index (χ0n) is 5.51. The van der Waals surface area contributed by atoms with Gasteiger partial charge in [0.2, 0.25) is 6.29 Å². The SMILES string of the molecule is CP(Cl)N[P+](Cl)(Cl)CN=PCl. The van der Waals surface area contributed by atoms with Gasteiger partial charge in [-0.15, -0.1) is 4.86 Å². The lowest BCUT2D eigenvalue weighted by Crippen LogP contribution is -1.99. The molecule has 0 heterocycles. The highest BCUT2D eigenvalue weighted by atomic mass is 35.9. The van der Waals surface area contributed by atoms with Crippen molar-refractivity contribution in [3.8, 4) is 0 Å². The minimum Gasteiger partial charge on any atom is -0.208 e. The van der Waals surface area contributed by atoms with E-state index in [4.69, 9.17) is 45.0 Å². The predicted octanol–water partition coefficient (Wildman–Crippen LogP) is 5.24. The molecule has 0 aromatic rings. The van der Waals surface area contributed by atoms with Crippen LogP contribution in [0.25, 0.3) is 0 Å². The second-order valence-corrected chi connectivity index (χ2v) is 11.3. The monoisotopic (exact) mass is 291 g/mol. The molecule has 9 heteroatoms. The molecule has 0 aliphatic heterocycles. The molecule has 0 rings (SSSR count). The van der Waals surface area contributed by atoms with Crippen LogP contribution in [0.15, 0.2) is 4.74 Å². The Morgan fingerprint density at radius 3 is 2.55 bits per heavy atom. The molecule has 0 spiro atoms. The van der Waals surface area contributed by atoms with Crippen molar-refractivity contribution in [3.05, 3.63) is 0 Å². The predicted molar refractivity (Wildman–Crippen MR) is 60.5 cm³/mol. The summed E-state index contributed by atoms with van der Waals surface area (Å²) in [5.74, 6) is 0. The van der Waals surface area contributed by atoms with Crippen LogP contribution < -0.4 is 4.86 Å². The Labute approximate surface area is 88.6 Å². The molecule has 1 N–H and O–H groups in total. The molecule has 0 aromatic heterocycles. The Bertz CT molecular complexity index is 139. The minimum atomic E-state index is -2.18. The molecule has 0 saturated carbocycles. The lowest BCUT2D eigenvalue weighted by Gasteiger charge is -2.08. The summed E-state index contributed by atoms with van der Waals surface area (Å²) in [5.41, 5.74) is 0. The Morgan fingerprint density at radius 1 is 1.64 bits per heavy atom. The quantitative estimate of drug-likeness (QED) is 0.704. The van der Waals surface area contributed by atoms with Gasteiger partial charge in [-0.1, -0.05) is 11.2 Å². The van der Waals surface area contributed by atoms with Gasteiger partial charge in [-0.2, -0.15) is 0 Å². The summed E-state index contributed by atoms with van der Waals surface area (Å²) in [6.45, 7) is 1.81. The normalized spacial score (nSPS) is 15.7. The second-order valence-electron chi connectivity index (χ2n) is 1.57. The third kappa shape index (κ3) is 8.41. The first-order valence-electron chi connectivity index (χ1n) is 2.40. The third-order valence-corrected chi connectivity index (χ3v) is 6.82. The van der Waals surface area contributed by atoms with Crippen molar-refractivity contribution in [3.63, 3.8) is 0 Å². The molecule has 0 aromatic carbocycles. The summed E-state index contributed by atoms with van der Waals surface area (Å²) in [6, 6.07) is 0. The van der Waals surface area contributed by atoms with Crippen LogP contribution in [-0.4, -0.2) is 13.0 Å². The van der Waals surface area contributed by atoms with Crippen LogP contribution in [0.4, 0.5) is 0 Å². The molecular weight excluding hydrogens is 287 g/mol. The van der Waals surface area contributed by atoms with E-state index in [0.717, 1.165) is 0 Å². The highest BCUT2D eigenvalue weighted by Gasteiger charge is 2.36. The molecule has 11 heavy (non-hydrogen) atoms. The average molecular weight is 293 g/mol. The van der Waals surface area contributed by atoms with Gasteiger partial charge in [0.1, 0.15) is 30.2 Å². The van der Waals surface area contributed by atoms with Crippen molar-refractivity contribution in [1.29, 1.82) is 0 Å². The van der Waals surface area contributed by atoms with E-state index in [0.29, 0.717) is 14.0 Å². The van der Waals surface area contributed by atoms with E-state index < -0.39 is 13.5 Å². The number of hydrogen-bond acceptors (Lipinski definition) is 2. The van der Waals surface area contributed by atoms with Gasteiger partial charge in [0.25, 0.3) is 0 Å². The number of rotatable bonds is 4. The van der Waals surface area contributed by atoms with Gasteiger partial charge >= 0.3 is 6.12 Å². The molecule has 2 nitrogen and oxygen atoms in total. The number of halogens is 4. The van der Waals surface area contributed by atoms with E-state index in [1.165, 1.54) is 0 Å². The summed E-state index contributed by atoms with van der Waals surface area (Å²) in [4.78, 5) is 2.87. The fraction of sp³-hybridized carbons (Fsp3) is 1.00. The molecule has 0 aliphatic carbocycles. The average Bonchev–Trinajstić information content (AvgIpc) is 1.81. The van der Waals surface area contributed by atoms with Crippen LogP contribution in [0.5, 0.6) is 0 Å². The first kappa shape index (κ1) is 13.1. The number of nitrogens with zero attached hydrogens (tertiary/aromatic N) is 1. The zero-order chi connectivity index (χ0) is 8.91. The van der Waals surface area contributed by atoms with Gasteiger partial charge in [0.05, 0.1) is 7.43 Å². The van der Waals surface area contributed by atoms with E-state index in [-0.39, 0.29) is 0 Å². The van der Waals surface area contributed by atoms with Crippen molar-refractivity contribution in [1.82, 2.24) is 4.86 Å². The Kier molecular flexibility index (Phi) is 7.75. The van der Waals surface area contributed by atoms with Crippen LogP contribution in [0.2, 0.25) is 0 Å². The van der Waals surface area contributed by atoms with Crippen LogP contribution in [0, 0.1) is 0 Å². The highest BCUT2D eigenvalue weighted by molar-refractivity contribution is 8.19. The molecule has 0 amide bonds. The summed E-state index contributed by atoms with van der Waals surface area (Å²) >= 11 is 22.7. The topological polar surface area (TPSA) is 24.4 Å². The lowest BCUT2D eigenvalue weighted by molar-refractivity contribution is 1.39. The lowest BCUT2D eigenvalue weighted by atomic mass is 11.5. The van der Waals surface area contributed by atoms with Gasteiger partial charge in [-0.05, 0) is 17.9 Å². The van der Waals surface area contributed by atoms with E-state index in [1.807, 2.05) is 6.66 Å². The maximum atomic E-state index is 5.85. The smallest absolute Gasteiger partial charge is 0.208 e. The van der Waals surface area contributed by atoms with E-state index in [9.17, 15) is 0 Å². The van der Waals surface area contributed by atoms with Crippen molar-refractivity contribution in [2.24, 2.45) is 4.74 Å². The highest BCUT2D eigenvalue weighted by Crippen LogP contribution is 2.70. The molecule has 1 unspecified atom stereocenters. The van der Waals surface area contributed by atoms with Gasteiger partial charge in [-0.25, -0.2) is 4.74 Å². The van der Waals surface area contributed by atoms with E-state index in [2.05, 4.69) is 9.60 Å². The molecule has 0 bridgehead atoms. The van der Waals surface area contributed by atoms with Gasteiger partial charge < -0.3 is 0 Å². The Morgan fingerprint density at radius 2 is 2.18 bits per heavy atom. The number of hydrogen-bond donors (Lipinski definition) is 1. The zero-order valence-corrected chi connectivity index (χ0v) is 11.2. The van der Waals surface area contributed by atoms with Crippen LogP contribution >= 0.6 is 66.2 Å². The Hall–Kier alpha value is 2.08. The maximum absolute atomic E-state index is 5.85. The molecule has 0 saturated heterocycles. The summed E-state index contributed by atoms with van der Waals surface area (Å²) in [7, 11) is -0.382.